The van der Waals surface area contributed by atoms with Gasteiger partial charge in [-0.1, -0.05) is 31.0 Å². The fourth-order valence-corrected chi connectivity index (χ4v) is 5.12. The van der Waals surface area contributed by atoms with Gasteiger partial charge in [0.25, 0.3) is 0 Å². The standard InChI is InChI=1S/C29H38F2N6O4/c30-24-7-10-26(27(31)18-24)29(39,20-37-22-32-21-33-37)19-36-14-12-35(13-15-36)11-3-1-2-4-16-41-25-8-5-23(6-9-25)17-28(38)34-40/h5-10,18,21-22,39-40H,1-4,11-17,19-20H2,(H,34,38). The average Bonchev–Trinajstić information content (AvgIpc) is 3.46. The van der Waals surface area contributed by atoms with Crippen LogP contribution in [-0.2, 0) is 23.4 Å². The lowest BCUT2D eigenvalue weighted by Gasteiger charge is -2.39. The molecule has 41 heavy (non-hydrogen) atoms. The highest BCUT2D eigenvalue weighted by atomic mass is 19.1. The maximum atomic E-state index is 14.7. The minimum absolute atomic E-state index is 0.00808. The minimum atomic E-state index is -1.59. The van der Waals surface area contributed by atoms with E-state index in [9.17, 15) is 18.7 Å². The molecule has 1 aromatic heterocycles. The summed E-state index contributed by atoms with van der Waals surface area (Å²) in [6.45, 7) is 5.00. The second-order valence-electron chi connectivity index (χ2n) is 10.5. The summed E-state index contributed by atoms with van der Waals surface area (Å²) in [4.78, 5) is 19.6. The molecule has 0 radical (unpaired) electrons. The maximum Gasteiger partial charge on any atom is 0.247 e. The molecule has 4 rings (SSSR count). The van der Waals surface area contributed by atoms with E-state index >= 15 is 0 Å². The van der Waals surface area contributed by atoms with Gasteiger partial charge in [0.05, 0.1) is 19.6 Å². The van der Waals surface area contributed by atoms with E-state index in [0.717, 1.165) is 81.9 Å². The van der Waals surface area contributed by atoms with Crippen LogP contribution in [0.15, 0.2) is 55.1 Å². The number of hydrogen-bond donors (Lipinski definition) is 3. The van der Waals surface area contributed by atoms with Crippen LogP contribution in [-0.4, -0.2) is 86.7 Å². The lowest BCUT2D eigenvalue weighted by Crippen LogP contribution is -2.52. The second kappa shape index (κ2) is 15.0. The Balaban J connectivity index is 1.14. The highest BCUT2D eigenvalue weighted by Crippen LogP contribution is 2.28. The molecule has 1 fully saturated rings. The summed E-state index contributed by atoms with van der Waals surface area (Å²) in [5, 5.41) is 24.2. The van der Waals surface area contributed by atoms with Gasteiger partial charge in [-0.05, 0) is 43.1 Å². The summed E-state index contributed by atoms with van der Waals surface area (Å²) < 4.78 is 35.5. The monoisotopic (exact) mass is 572 g/mol. The van der Waals surface area contributed by atoms with Crippen molar-refractivity contribution in [2.24, 2.45) is 0 Å². The summed E-state index contributed by atoms with van der Waals surface area (Å²) in [5.41, 5.74) is 0.880. The molecule has 1 unspecified atom stereocenters. The molecule has 0 saturated carbocycles. The van der Waals surface area contributed by atoms with Crippen molar-refractivity contribution in [3.63, 3.8) is 0 Å². The van der Waals surface area contributed by atoms with Crippen LogP contribution < -0.4 is 10.2 Å². The van der Waals surface area contributed by atoms with E-state index in [2.05, 4.69) is 19.9 Å². The Morgan fingerprint density at radius 3 is 2.39 bits per heavy atom. The van der Waals surface area contributed by atoms with Crippen molar-refractivity contribution in [3.05, 3.63) is 77.9 Å². The van der Waals surface area contributed by atoms with Gasteiger partial charge in [0, 0.05) is 44.4 Å². The lowest BCUT2D eigenvalue weighted by molar-refractivity contribution is -0.128. The number of unbranched alkanes of at least 4 members (excludes halogenated alkanes) is 3. The van der Waals surface area contributed by atoms with Crippen molar-refractivity contribution < 1.29 is 28.6 Å². The van der Waals surface area contributed by atoms with Gasteiger partial charge in [0.15, 0.2) is 0 Å². The molecule has 1 aliphatic rings. The average molecular weight is 573 g/mol. The molecule has 12 heteroatoms. The Hall–Kier alpha value is -3.45. The number of hydrogen-bond acceptors (Lipinski definition) is 8. The summed E-state index contributed by atoms with van der Waals surface area (Å²) >= 11 is 0. The number of hydroxylamine groups is 1. The number of β-amino-alcohol motifs (C(OH)–C–C–N with tert-alkyl or cyclic N) is 1. The molecule has 2 aromatic carbocycles. The van der Waals surface area contributed by atoms with Crippen LogP contribution in [0.1, 0.15) is 36.8 Å². The number of piperazine rings is 1. The van der Waals surface area contributed by atoms with Gasteiger partial charge >= 0.3 is 0 Å². The maximum absolute atomic E-state index is 14.7. The summed E-state index contributed by atoms with van der Waals surface area (Å²) in [5.74, 6) is -1.16. The number of nitrogens with zero attached hydrogens (tertiary/aromatic N) is 5. The largest absolute Gasteiger partial charge is 0.494 e. The quantitative estimate of drug-likeness (QED) is 0.145. The molecular weight excluding hydrogens is 534 g/mol. The first-order chi connectivity index (χ1) is 19.8. The van der Waals surface area contributed by atoms with Crippen LogP contribution in [0.4, 0.5) is 8.78 Å². The molecule has 1 saturated heterocycles. The minimum Gasteiger partial charge on any atom is -0.494 e. The molecular formula is C29H38F2N6O4. The Morgan fingerprint density at radius 1 is 0.976 bits per heavy atom. The van der Waals surface area contributed by atoms with Crippen molar-refractivity contribution in [2.45, 2.75) is 44.2 Å². The molecule has 10 nitrogen and oxygen atoms in total. The van der Waals surface area contributed by atoms with Crippen LogP contribution in [0.2, 0.25) is 0 Å². The molecule has 1 amide bonds. The zero-order valence-corrected chi connectivity index (χ0v) is 23.1. The van der Waals surface area contributed by atoms with E-state index in [1.807, 2.05) is 24.3 Å². The SMILES string of the molecule is O=C(Cc1ccc(OCCCCCCN2CCN(CC(O)(Cn3cncn3)c3ccc(F)cc3F)CC2)cc1)NO. The van der Waals surface area contributed by atoms with Crippen molar-refractivity contribution in [2.75, 3.05) is 45.9 Å². The smallest absolute Gasteiger partial charge is 0.247 e. The summed E-state index contributed by atoms with van der Waals surface area (Å²) in [7, 11) is 0. The number of aromatic nitrogens is 3. The fourth-order valence-electron chi connectivity index (χ4n) is 5.12. The zero-order chi connectivity index (χ0) is 29.1. The van der Waals surface area contributed by atoms with Gasteiger partial charge in [-0.2, -0.15) is 5.10 Å². The van der Waals surface area contributed by atoms with Gasteiger partial charge in [-0.25, -0.2) is 23.9 Å². The highest BCUT2D eigenvalue weighted by Gasteiger charge is 2.36. The normalized spacial score (nSPS) is 15.9. The van der Waals surface area contributed by atoms with Gasteiger partial charge in [-0.3, -0.25) is 14.9 Å². The third kappa shape index (κ3) is 9.28. The lowest BCUT2D eigenvalue weighted by atomic mass is 9.92. The Bertz CT molecular complexity index is 1220. The van der Waals surface area contributed by atoms with Crippen LogP contribution in [0.5, 0.6) is 5.75 Å². The molecule has 222 valence electrons. The Labute approximate surface area is 238 Å². The topological polar surface area (TPSA) is 116 Å². The number of halogens is 2. The predicted octanol–water partition coefficient (Wildman–Crippen LogP) is 2.75. The number of rotatable bonds is 15. The van der Waals surface area contributed by atoms with E-state index in [0.29, 0.717) is 6.61 Å². The van der Waals surface area contributed by atoms with Crippen LogP contribution in [0.3, 0.4) is 0 Å². The first kappa shape index (κ1) is 30.5. The molecule has 1 aliphatic heterocycles. The summed E-state index contributed by atoms with van der Waals surface area (Å²) in [6.07, 6.45) is 7.14. The van der Waals surface area contributed by atoms with E-state index in [1.165, 1.54) is 23.4 Å². The van der Waals surface area contributed by atoms with Gasteiger partial charge in [0.2, 0.25) is 5.91 Å². The van der Waals surface area contributed by atoms with Gasteiger partial charge < -0.3 is 14.7 Å². The molecule has 3 aromatic rings. The van der Waals surface area contributed by atoms with E-state index in [4.69, 9.17) is 9.94 Å². The number of ether oxygens (including phenoxy) is 1. The predicted molar refractivity (Wildman–Crippen MR) is 147 cm³/mol. The first-order valence-electron chi connectivity index (χ1n) is 13.9. The van der Waals surface area contributed by atoms with Crippen LogP contribution in [0, 0.1) is 11.6 Å². The Morgan fingerprint density at radius 2 is 1.71 bits per heavy atom. The van der Waals surface area contributed by atoms with Crippen LogP contribution >= 0.6 is 0 Å². The third-order valence-electron chi connectivity index (χ3n) is 7.32. The molecule has 1 atom stereocenters. The van der Waals surface area contributed by atoms with Crippen molar-refractivity contribution >= 4 is 5.91 Å². The fraction of sp³-hybridized carbons (Fsp3) is 0.483. The number of amides is 1. The number of nitrogens with one attached hydrogen (secondary N) is 1. The van der Waals surface area contributed by atoms with E-state index < -0.39 is 23.1 Å². The van der Waals surface area contributed by atoms with Crippen molar-refractivity contribution in [3.8, 4) is 5.75 Å². The second-order valence-corrected chi connectivity index (χ2v) is 10.5. The summed E-state index contributed by atoms with van der Waals surface area (Å²) in [6, 6.07) is 10.5. The van der Waals surface area contributed by atoms with Crippen molar-refractivity contribution in [1.82, 2.24) is 30.0 Å². The van der Waals surface area contributed by atoms with Gasteiger partial charge in [-0.15, -0.1) is 0 Å². The number of carbonyl (C=O) groups is 1. The van der Waals surface area contributed by atoms with Crippen molar-refractivity contribution in [1.29, 1.82) is 0 Å². The number of aliphatic hydroxyl groups is 1. The van der Waals surface area contributed by atoms with E-state index in [1.54, 1.807) is 5.48 Å². The van der Waals surface area contributed by atoms with Crippen LogP contribution in [0.25, 0.3) is 0 Å². The Kier molecular flexibility index (Phi) is 11.1. The molecule has 0 aliphatic carbocycles. The molecule has 0 bridgehead atoms. The number of benzene rings is 2. The molecule has 2 heterocycles. The molecule has 3 N–H and O–H groups in total. The van der Waals surface area contributed by atoms with Gasteiger partial charge in [0.1, 0.15) is 35.6 Å². The molecule has 0 spiro atoms. The van der Waals surface area contributed by atoms with E-state index in [-0.39, 0.29) is 25.1 Å². The first-order valence-corrected chi connectivity index (χ1v) is 13.9. The number of carbonyl (C=O) groups excluding carboxylic acids is 1. The third-order valence-corrected chi connectivity index (χ3v) is 7.32. The zero-order valence-electron chi connectivity index (χ0n) is 23.1. The highest BCUT2D eigenvalue weighted by molar-refractivity contribution is 5.77.